The second-order valence-electron chi connectivity index (χ2n) is 5.29. The van der Waals surface area contributed by atoms with E-state index in [-0.39, 0.29) is 22.8 Å². The summed E-state index contributed by atoms with van der Waals surface area (Å²) < 4.78 is 13.2. The molecule has 1 aromatic heterocycles. The molecule has 0 saturated carbocycles. The van der Waals surface area contributed by atoms with Crippen LogP contribution >= 0.6 is 22.9 Å². The minimum atomic E-state index is -0.714. The number of hydrogen-bond acceptors (Lipinski definition) is 3. The summed E-state index contributed by atoms with van der Waals surface area (Å²) in [6.07, 6.45) is 0. The van der Waals surface area contributed by atoms with Gasteiger partial charge in [0, 0.05) is 5.69 Å². The van der Waals surface area contributed by atoms with E-state index in [0.29, 0.717) is 10.6 Å². The van der Waals surface area contributed by atoms with Crippen LogP contribution in [0.1, 0.15) is 23.5 Å². The van der Waals surface area contributed by atoms with Crippen LogP contribution in [-0.2, 0) is 4.79 Å². The summed E-state index contributed by atoms with van der Waals surface area (Å²) >= 11 is 7.00. The number of thiophene rings is 1. The molecule has 7 heteroatoms. The third kappa shape index (κ3) is 4.53. The van der Waals surface area contributed by atoms with E-state index in [1.165, 1.54) is 29.5 Å². The molecule has 2 N–H and O–H groups in total. The molecule has 1 aromatic carbocycles. The van der Waals surface area contributed by atoms with Crippen molar-refractivity contribution in [3.63, 3.8) is 0 Å². The number of hydrogen-bond donors (Lipinski definition) is 2. The van der Waals surface area contributed by atoms with Crippen LogP contribution in [0, 0.1) is 11.7 Å². The standard InChI is InChI=1S/C16H16ClFN2O2S/c1-9(2)14(20-15(21)13-4-3-7-23-13)16(22)19-10-5-6-12(18)11(17)8-10/h3-9,14H,1-2H3,(H,19,22)(H,20,21)/t14-/m1/s1. The van der Waals surface area contributed by atoms with Gasteiger partial charge in [0.15, 0.2) is 0 Å². The maximum atomic E-state index is 13.2. The number of rotatable bonds is 5. The Morgan fingerprint density at radius 3 is 2.57 bits per heavy atom. The Morgan fingerprint density at radius 1 is 1.26 bits per heavy atom. The van der Waals surface area contributed by atoms with E-state index in [9.17, 15) is 14.0 Å². The van der Waals surface area contributed by atoms with Crippen molar-refractivity contribution in [1.29, 1.82) is 0 Å². The highest BCUT2D eigenvalue weighted by molar-refractivity contribution is 7.12. The molecule has 4 nitrogen and oxygen atoms in total. The molecule has 2 amide bonds. The van der Waals surface area contributed by atoms with Crippen molar-refractivity contribution < 1.29 is 14.0 Å². The van der Waals surface area contributed by atoms with Gasteiger partial charge >= 0.3 is 0 Å². The summed E-state index contributed by atoms with van der Waals surface area (Å²) in [6.45, 7) is 3.66. The number of nitrogens with one attached hydrogen (secondary N) is 2. The summed E-state index contributed by atoms with van der Waals surface area (Å²) in [5, 5.41) is 7.07. The SMILES string of the molecule is CC(C)[C@@H](NC(=O)c1cccs1)C(=O)Nc1ccc(F)c(Cl)c1. The van der Waals surface area contributed by atoms with Crippen molar-refractivity contribution >= 4 is 40.4 Å². The van der Waals surface area contributed by atoms with Gasteiger partial charge in [-0.2, -0.15) is 0 Å². The zero-order chi connectivity index (χ0) is 17.0. The second-order valence-corrected chi connectivity index (χ2v) is 6.65. The first-order valence-electron chi connectivity index (χ1n) is 6.98. The quantitative estimate of drug-likeness (QED) is 0.854. The maximum Gasteiger partial charge on any atom is 0.262 e. The number of amides is 2. The topological polar surface area (TPSA) is 58.2 Å². The molecular weight excluding hydrogens is 339 g/mol. The van der Waals surface area contributed by atoms with Crippen LogP contribution in [0.4, 0.5) is 10.1 Å². The molecule has 0 bridgehead atoms. The summed E-state index contributed by atoms with van der Waals surface area (Å²) in [7, 11) is 0. The van der Waals surface area contributed by atoms with Crippen molar-refractivity contribution in [3.05, 3.63) is 51.4 Å². The van der Waals surface area contributed by atoms with Gasteiger partial charge in [-0.05, 0) is 35.6 Å². The van der Waals surface area contributed by atoms with Gasteiger partial charge in [0.05, 0.1) is 9.90 Å². The Balaban J connectivity index is 2.09. The van der Waals surface area contributed by atoms with Crippen LogP contribution < -0.4 is 10.6 Å². The first-order valence-corrected chi connectivity index (χ1v) is 8.24. The summed E-state index contributed by atoms with van der Waals surface area (Å²) in [4.78, 5) is 25.1. The van der Waals surface area contributed by atoms with Gasteiger partial charge < -0.3 is 10.6 Å². The van der Waals surface area contributed by atoms with Crippen molar-refractivity contribution in [1.82, 2.24) is 5.32 Å². The molecular formula is C16H16ClFN2O2S. The van der Waals surface area contributed by atoms with Crippen LogP contribution in [0.3, 0.4) is 0 Å². The van der Waals surface area contributed by atoms with Crippen molar-refractivity contribution in [2.24, 2.45) is 5.92 Å². The lowest BCUT2D eigenvalue weighted by Gasteiger charge is -2.21. The molecule has 23 heavy (non-hydrogen) atoms. The Morgan fingerprint density at radius 2 is 2.00 bits per heavy atom. The predicted octanol–water partition coefficient (Wildman–Crippen LogP) is 3.93. The highest BCUT2D eigenvalue weighted by Crippen LogP contribution is 2.20. The molecule has 0 spiro atoms. The lowest BCUT2D eigenvalue weighted by molar-refractivity contribution is -0.118. The average molecular weight is 355 g/mol. The van der Waals surface area contributed by atoms with Crippen molar-refractivity contribution in [2.75, 3.05) is 5.32 Å². The van der Waals surface area contributed by atoms with E-state index in [1.54, 1.807) is 17.5 Å². The molecule has 1 heterocycles. The van der Waals surface area contributed by atoms with Crippen LogP contribution in [-0.4, -0.2) is 17.9 Å². The summed E-state index contributed by atoms with van der Waals surface area (Å²) in [5.41, 5.74) is 0.373. The maximum absolute atomic E-state index is 13.2. The number of carbonyl (C=O) groups excluding carboxylic acids is 2. The first-order chi connectivity index (χ1) is 10.9. The highest BCUT2D eigenvalue weighted by Gasteiger charge is 2.25. The minimum absolute atomic E-state index is 0.0773. The van der Waals surface area contributed by atoms with Gasteiger partial charge in [0.1, 0.15) is 11.9 Å². The van der Waals surface area contributed by atoms with E-state index < -0.39 is 11.9 Å². The van der Waals surface area contributed by atoms with Crippen LogP contribution in [0.5, 0.6) is 0 Å². The van der Waals surface area contributed by atoms with Crippen LogP contribution in [0.15, 0.2) is 35.7 Å². The lowest BCUT2D eigenvalue weighted by Crippen LogP contribution is -2.46. The molecule has 2 rings (SSSR count). The third-order valence-electron chi connectivity index (χ3n) is 3.17. The first kappa shape index (κ1) is 17.4. The number of halogens is 2. The van der Waals surface area contributed by atoms with Crippen LogP contribution in [0.2, 0.25) is 5.02 Å². The Hall–Kier alpha value is -1.92. The third-order valence-corrected chi connectivity index (χ3v) is 4.33. The molecule has 0 radical (unpaired) electrons. The molecule has 0 aliphatic rings. The van der Waals surface area contributed by atoms with Crippen LogP contribution in [0.25, 0.3) is 0 Å². The van der Waals surface area contributed by atoms with Crippen molar-refractivity contribution in [2.45, 2.75) is 19.9 Å². The molecule has 0 fully saturated rings. The fourth-order valence-electron chi connectivity index (χ4n) is 1.95. The van der Waals surface area contributed by atoms with Gasteiger partial charge in [-0.15, -0.1) is 11.3 Å². The van der Waals surface area contributed by atoms with E-state index in [0.717, 1.165) is 0 Å². The number of anilines is 1. The number of carbonyl (C=O) groups is 2. The molecule has 2 aromatic rings. The van der Waals surface area contributed by atoms with Gasteiger partial charge in [-0.1, -0.05) is 31.5 Å². The predicted molar refractivity (Wildman–Crippen MR) is 90.5 cm³/mol. The normalized spacial score (nSPS) is 12.0. The smallest absolute Gasteiger partial charge is 0.262 e. The van der Waals surface area contributed by atoms with Gasteiger partial charge in [-0.25, -0.2) is 4.39 Å². The highest BCUT2D eigenvalue weighted by atomic mass is 35.5. The Labute approximate surface area is 142 Å². The number of benzene rings is 1. The molecule has 0 saturated heterocycles. The molecule has 0 aliphatic heterocycles. The molecule has 1 atom stereocenters. The Bertz CT molecular complexity index is 704. The van der Waals surface area contributed by atoms with E-state index in [4.69, 9.17) is 11.6 Å². The summed E-state index contributed by atoms with van der Waals surface area (Å²) in [6, 6.07) is 6.66. The van der Waals surface area contributed by atoms with Gasteiger partial charge in [0.2, 0.25) is 5.91 Å². The zero-order valence-corrected chi connectivity index (χ0v) is 14.2. The average Bonchev–Trinajstić information content (AvgIpc) is 3.02. The molecule has 0 unspecified atom stereocenters. The van der Waals surface area contributed by atoms with E-state index in [2.05, 4.69) is 10.6 Å². The van der Waals surface area contributed by atoms with Crippen molar-refractivity contribution in [3.8, 4) is 0 Å². The zero-order valence-electron chi connectivity index (χ0n) is 12.6. The Kier molecular flexibility index (Phi) is 5.74. The van der Waals surface area contributed by atoms with Gasteiger partial charge in [0.25, 0.3) is 5.91 Å². The van der Waals surface area contributed by atoms with E-state index >= 15 is 0 Å². The van der Waals surface area contributed by atoms with E-state index in [1.807, 2.05) is 13.8 Å². The lowest BCUT2D eigenvalue weighted by atomic mass is 10.0. The molecule has 122 valence electrons. The second kappa shape index (κ2) is 7.57. The largest absolute Gasteiger partial charge is 0.339 e. The fourth-order valence-corrected chi connectivity index (χ4v) is 2.76. The fraction of sp³-hybridized carbons (Fsp3) is 0.250. The minimum Gasteiger partial charge on any atom is -0.339 e. The monoisotopic (exact) mass is 354 g/mol. The van der Waals surface area contributed by atoms with Gasteiger partial charge in [-0.3, -0.25) is 9.59 Å². The summed E-state index contributed by atoms with van der Waals surface area (Å²) in [5.74, 6) is -1.36. The molecule has 0 aliphatic carbocycles.